The number of para-hydroxylation sites is 2. The maximum Gasteiger partial charge on any atom is 0.164 e. The molecule has 0 atom stereocenters. The van der Waals surface area contributed by atoms with Crippen LogP contribution in [0.1, 0.15) is 27.7 Å². The Morgan fingerprint density at radius 1 is 0.250 bits per heavy atom. The van der Waals surface area contributed by atoms with E-state index < -0.39 is 11.2 Å². The van der Waals surface area contributed by atoms with Crippen LogP contribution < -0.4 is 5.46 Å². The first-order chi connectivity index (χ1) is 52.6. The minimum absolute atomic E-state index is 0.636. The van der Waals surface area contributed by atoms with Crippen LogP contribution in [0.3, 0.4) is 0 Å². The van der Waals surface area contributed by atoms with Gasteiger partial charge in [0.25, 0.3) is 0 Å². The highest BCUT2D eigenvalue weighted by molar-refractivity contribution is 9.10. The van der Waals surface area contributed by atoms with E-state index in [-0.39, 0.29) is 0 Å². The fourth-order valence-corrected chi connectivity index (χ4v) is 14.1. The Morgan fingerprint density at radius 3 is 0.944 bits per heavy atom. The highest BCUT2D eigenvalue weighted by Crippen LogP contribution is 2.41. The van der Waals surface area contributed by atoms with E-state index in [1.54, 1.807) is 27.7 Å². The molecule has 4 heterocycles. The number of halogens is 1. The summed E-state index contributed by atoms with van der Waals surface area (Å²) in [6.07, 6.45) is 0. The molecule has 108 heavy (non-hydrogen) atoms. The summed E-state index contributed by atoms with van der Waals surface area (Å²) in [6, 6.07) is 113. The molecular weight excluding hydrogens is 1390 g/mol. The second-order valence-electron chi connectivity index (χ2n) is 28.0. The number of rotatable bonds is 8. The van der Waals surface area contributed by atoms with Gasteiger partial charge in [-0.3, -0.25) is 0 Å². The van der Waals surface area contributed by atoms with Crippen LogP contribution in [0.4, 0.5) is 0 Å². The second kappa shape index (κ2) is 28.6. The van der Waals surface area contributed by atoms with Crippen LogP contribution in [0.5, 0.6) is 0 Å². The molecule has 0 saturated carbocycles. The van der Waals surface area contributed by atoms with Crippen molar-refractivity contribution in [1.29, 1.82) is 0 Å². The van der Waals surface area contributed by atoms with Crippen LogP contribution in [0, 0.1) is 0 Å². The summed E-state index contributed by atoms with van der Waals surface area (Å²) in [6.45, 7) is 6.31. The Morgan fingerprint density at radius 2 is 0.537 bits per heavy atom. The molecule has 0 fully saturated rings. The molecule has 10 nitrogen and oxygen atoms in total. The van der Waals surface area contributed by atoms with Gasteiger partial charge in [-0.25, -0.2) is 29.9 Å². The van der Waals surface area contributed by atoms with Gasteiger partial charge in [0.2, 0.25) is 0 Å². The van der Waals surface area contributed by atoms with Crippen LogP contribution in [0.25, 0.3) is 188 Å². The third-order valence-corrected chi connectivity index (χ3v) is 20.9. The molecule has 0 bridgehead atoms. The number of nitrogens with zero attached hydrogens (tertiary/aromatic N) is 6. The summed E-state index contributed by atoms with van der Waals surface area (Å²) in [5.41, 5.74) is 10.2. The highest BCUT2D eigenvalue weighted by atomic mass is 79.9. The van der Waals surface area contributed by atoms with Crippen molar-refractivity contribution < 1.29 is 19.0 Å². The molecular formula is C96H68BBrN6O4. The number of aliphatic hydroxyl groups is 2. The van der Waals surface area contributed by atoms with Gasteiger partial charge in [0.1, 0.15) is 30.2 Å². The van der Waals surface area contributed by atoms with E-state index >= 15 is 0 Å². The van der Waals surface area contributed by atoms with Crippen molar-refractivity contribution in [3.8, 4) is 79.5 Å². The van der Waals surface area contributed by atoms with Gasteiger partial charge in [0, 0.05) is 59.4 Å². The lowest BCUT2D eigenvalue weighted by molar-refractivity contribution is -0.107. The Balaban J connectivity index is 0.000000126. The lowest BCUT2D eigenvalue weighted by Gasteiger charge is -2.31. The molecule has 0 unspecified atom stereocenters. The third kappa shape index (κ3) is 13.7. The zero-order valence-corrected chi connectivity index (χ0v) is 61.1. The standard InChI is InChI=1S/C45H27N3O.C33H20BrN3.C12H7BO.C6H14O2/c1-3-11-30-25-33(19-17-28(30)9-1)43-46-44(34-20-18-29-10-2-4-12-31(29)26-34)48-45(47-43)40-24-23-35(36-13-5-6-14-37(36)40)32-21-22-39-38-15-7-8-16-41(38)49-42(39)27-32;34-30-18-17-29(27-11-5-6-12-28(27)30)33-36-31(25-15-13-21-7-1-3-9-23(21)19-25)35-32(37-33)26-16-14-22-8-2-4-10-24(22)20-26;13-8-5-6-10-9-3-1-2-4-11(9)14-12(10)7-8;1-5(2,7)6(3,4)8/h1-27H;1-20H;1-7H;7-8H,1-4H3. The quantitative estimate of drug-likeness (QED) is 0.141. The molecule has 12 heteroatoms. The molecule has 20 aromatic rings. The second-order valence-corrected chi connectivity index (χ2v) is 28.8. The highest BCUT2D eigenvalue weighted by Gasteiger charge is 2.32. The average molecular weight is 1460 g/mol. The first kappa shape index (κ1) is 68.3. The largest absolute Gasteiger partial charge is 0.456 e. The predicted molar refractivity (Wildman–Crippen MR) is 449 cm³/mol. The van der Waals surface area contributed by atoms with Gasteiger partial charge in [-0.2, -0.15) is 0 Å². The van der Waals surface area contributed by atoms with E-state index in [2.05, 4.69) is 283 Å². The fraction of sp³-hybridized carbons (Fsp3) is 0.0625. The lowest BCUT2D eigenvalue weighted by Crippen LogP contribution is -2.44. The number of hydrogen-bond acceptors (Lipinski definition) is 10. The lowest BCUT2D eigenvalue weighted by atomic mass is 9.90. The van der Waals surface area contributed by atoms with Crippen molar-refractivity contribution >= 4 is 138 Å². The molecule has 0 amide bonds. The van der Waals surface area contributed by atoms with Gasteiger partial charge in [-0.1, -0.05) is 276 Å². The Labute approximate surface area is 632 Å². The summed E-state index contributed by atoms with van der Waals surface area (Å²) < 4.78 is 13.0. The van der Waals surface area contributed by atoms with Gasteiger partial charge in [0.05, 0.1) is 11.2 Å². The van der Waals surface area contributed by atoms with Crippen molar-refractivity contribution in [2.24, 2.45) is 0 Å². The summed E-state index contributed by atoms with van der Waals surface area (Å²) in [5, 5.41) is 36.5. The molecule has 0 spiro atoms. The molecule has 4 aromatic heterocycles. The fourth-order valence-electron chi connectivity index (χ4n) is 13.7. The summed E-state index contributed by atoms with van der Waals surface area (Å²) in [7, 11) is 5.69. The van der Waals surface area contributed by atoms with Crippen LogP contribution in [0.15, 0.2) is 341 Å². The Hall–Kier alpha value is -12.8. The van der Waals surface area contributed by atoms with E-state index in [1.165, 1.54) is 21.5 Å². The zero-order chi connectivity index (χ0) is 73.6. The van der Waals surface area contributed by atoms with E-state index in [1.807, 2.05) is 60.7 Å². The Kier molecular flexibility index (Phi) is 18.1. The van der Waals surface area contributed by atoms with E-state index in [9.17, 15) is 0 Å². The summed E-state index contributed by atoms with van der Waals surface area (Å²) in [5.74, 6) is 3.89. The molecule has 0 saturated heterocycles. The first-order valence-electron chi connectivity index (χ1n) is 35.8. The number of aromatic nitrogens is 6. The normalized spacial score (nSPS) is 11.7. The SMILES string of the molecule is Brc1ccc(-c2nc(-c3ccc4ccccc4c3)nc(-c3ccc4ccccc4c3)n2)c2ccccc12.CC(C)(O)C(C)(C)O.[B]c1ccc2c(c1)oc1ccccc12.c1ccc2cc(-c3nc(-c4ccc5ccccc5c4)nc(-c4ccc(-c5ccc6c(c5)oc5ccccc56)c5ccccc45)n3)ccc2c1. The van der Waals surface area contributed by atoms with Crippen LogP contribution in [-0.4, -0.2) is 59.2 Å². The number of benzene rings is 16. The van der Waals surface area contributed by atoms with E-state index in [0.717, 1.165) is 141 Å². The minimum Gasteiger partial charge on any atom is -0.456 e. The maximum atomic E-state index is 9.10. The summed E-state index contributed by atoms with van der Waals surface area (Å²) >= 11 is 3.70. The molecule has 2 N–H and O–H groups in total. The predicted octanol–water partition coefficient (Wildman–Crippen LogP) is 23.9. The molecule has 16 aromatic carbocycles. The van der Waals surface area contributed by atoms with Crippen molar-refractivity contribution in [2.75, 3.05) is 0 Å². The molecule has 20 rings (SSSR count). The van der Waals surface area contributed by atoms with Gasteiger partial charge in [0.15, 0.2) is 34.9 Å². The third-order valence-electron chi connectivity index (χ3n) is 20.2. The number of hydrogen-bond donors (Lipinski definition) is 2. The minimum atomic E-state index is -1.01. The summed E-state index contributed by atoms with van der Waals surface area (Å²) in [4.78, 5) is 30.4. The smallest absolute Gasteiger partial charge is 0.164 e. The average Bonchev–Trinajstić information content (AvgIpc) is 1.09. The van der Waals surface area contributed by atoms with Gasteiger partial charge < -0.3 is 19.0 Å². The number of fused-ring (bicyclic) bond motifs is 12. The van der Waals surface area contributed by atoms with Crippen LogP contribution >= 0.6 is 15.9 Å². The Bertz CT molecular complexity index is 6650. The van der Waals surface area contributed by atoms with Gasteiger partial charge >= 0.3 is 0 Å². The van der Waals surface area contributed by atoms with E-state index in [0.29, 0.717) is 34.9 Å². The maximum absolute atomic E-state index is 9.10. The van der Waals surface area contributed by atoms with Crippen molar-refractivity contribution in [3.05, 3.63) is 332 Å². The molecule has 2 radical (unpaired) electrons. The zero-order valence-electron chi connectivity index (χ0n) is 59.5. The first-order valence-corrected chi connectivity index (χ1v) is 36.6. The monoisotopic (exact) mass is 1460 g/mol. The molecule has 0 aliphatic heterocycles. The van der Waals surface area contributed by atoms with Crippen molar-refractivity contribution in [1.82, 2.24) is 29.9 Å². The van der Waals surface area contributed by atoms with Crippen molar-refractivity contribution in [2.45, 2.75) is 38.9 Å². The topological polar surface area (TPSA) is 144 Å². The molecule has 0 aliphatic carbocycles. The number of furan rings is 2. The van der Waals surface area contributed by atoms with Crippen LogP contribution in [0.2, 0.25) is 0 Å². The van der Waals surface area contributed by atoms with Gasteiger partial charge in [-0.05, 0) is 176 Å². The van der Waals surface area contributed by atoms with Crippen molar-refractivity contribution in [3.63, 3.8) is 0 Å². The van der Waals surface area contributed by atoms with Crippen LogP contribution in [-0.2, 0) is 0 Å². The molecule has 0 aliphatic rings. The van der Waals surface area contributed by atoms with E-state index in [4.69, 9.17) is 56.8 Å². The molecule has 516 valence electrons. The van der Waals surface area contributed by atoms with Gasteiger partial charge in [-0.15, -0.1) is 0 Å².